The molecule has 1 rings (SSSR count). The molecule has 0 aliphatic heterocycles. The van der Waals surface area contributed by atoms with Crippen LogP contribution in [0.4, 0.5) is 0 Å². The van der Waals surface area contributed by atoms with Crippen molar-refractivity contribution in [3.63, 3.8) is 0 Å². The number of nitrogens with zero attached hydrogens (tertiary/aromatic N) is 4. The average Bonchev–Trinajstić information content (AvgIpc) is 2.49. The lowest BCUT2D eigenvalue weighted by Crippen LogP contribution is -2.15. The van der Waals surface area contributed by atoms with Crippen LogP contribution in [0.3, 0.4) is 0 Å². The molecule has 0 radical (unpaired) electrons. The lowest BCUT2D eigenvalue weighted by molar-refractivity contribution is -0.141. The van der Waals surface area contributed by atoms with Gasteiger partial charge in [0.1, 0.15) is 0 Å². The minimum atomic E-state index is -0.380. The van der Waals surface area contributed by atoms with Crippen molar-refractivity contribution in [3.05, 3.63) is 5.82 Å². The molecule has 1 aromatic rings. The summed E-state index contributed by atoms with van der Waals surface area (Å²) < 4.78 is 4.50. The number of hydrogen-bond donors (Lipinski definition) is 0. The monoisotopic (exact) mass is 212 g/mol. The molecule has 6 nitrogen and oxygen atoms in total. The second-order valence-electron chi connectivity index (χ2n) is 4.55. The standard InChI is InChI=1S/C9H16N4O2/c1-9(2,3)5-7-10-12-13(11-7)6-8(14)15-4/h5-6H2,1-4H3. The first-order valence-electron chi connectivity index (χ1n) is 4.74. The highest BCUT2D eigenvalue weighted by Gasteiger charge is 2.15. The summed E-state index contributed by atoms with van der Waals surface area (Å²) in [5.41, 5.74) is 0.110. The Labute approximate surface area is 88.6 Å². The van der Waals surface area contributed by atoms with E-state index >= 15 is 0 Å². The Kier molecular flexibility index (Phi) is 3.39. The van der Waals surface area contributed by atoms with Gasteiger partial charge >= 0.3 is 5.97 Å². The van der Waals surface area contributed by atoms with E-state index in [2.05, 4.69) is 40.9 Å². The molecule has 0 aliphatic carbocycles. The van der Waals surface area contributed by atoms with E-state index in [9.17, 15) is 4.79 Å². The summed E-state index contributed by atoms with van der Waals surface area (Å²) in [7, 11) is 1.33. The van der Waals surface area contributed by atoms with Gasteiger partial charge in [-0.15, -0.1) is 10.2 Å². The molecule has 15 heavy (non-hydrogen) atoms. The Morgan fingerprint density at radius 2 is 2.13 bits per heavy atom. The van der Waals surface area contributed by atoms with Crippen LogP contribution in [0.1, 0.15) is 26.6 Å². The summed E-state index contributed by atoms with van der Waals surface area (Å²) in [4.78, 5) is 12.2. The minimum absolute atomic E-state index is 0.00758. The SMILES string of the molecule is COC(=O)Cn1nnc(CC(C)(C)C)n1. The number of aromatic nitrogens is 4. The van der Waals surface area contributed by atoms with Crippen molar-refractivity contribution in [2.75, 3.05) is 7.11 Å². The Balaban J connectivity index is 2.60. The second-order valence-corrected chi connectivity index (χ2v) is 4.55. The third-order valence-corrected chi connectivity index (χ3v) is 1.68. The molecule has 1 heterocycles. The third kappa shape index (κ3) is 4.05. The van der Waals surface area contributed by atoms with Gasteiger partial charge in [-0.05, 0) is 10.6 Å². The number of carbonyl (C=O) groups is 1. The summed E-state index contributed by atoms with van der Waals surface area (Å²) in [5.74, 6) is 0.265. The molecule has 0 fully saturated rings. The summed E-state index contributed by atoms with van der Waals surface area (Å²) in [6, 6.07) is 0. The van der Waals surface area contributed by atoms with Crippen LogP contribution in [0.5, 0.6) is 0 Å². The quantitative estimate of drug-likeness (QED) is 0.680. The second kappa shape index (κ2) is 4.37. The van der Waals surface area contributed by atoms with Crippen molar-refractivity contribution in [2.24, 2.45) is 5.41 Å². The maximum absolute atomic E-state index is 10.9. The molecule has 0 N–H and O–H groups in total. The highest BCUT2D eigenvalue weighted by molar-refractivity contribution is 5.68. The Morgan fingerprint density at radius 3 is 2.67 bits per heavy atom. The maximum atomic E-state index is 10.9. The van der Waals surface area contributed by atoms with Gasteiger partial charge in [0.05, 0.1) is 7.11 Å². The van der Waals surface area contributed by atoms with Crippen LogP contribution in [-0.4, -0.2) is 33.3 Å². The van der Waals surface area contributed by atoms with Gasteiger partial charge in [-0.1, -0.05) is 20.8 Å². The van der Waals surface area contributed by atoms with Gasteiger partial charge in [0.2, 0.25) is 0 Å². The van der Waals surface area contributed by atoms with Gasteiger partial charge in [-0.2, -0.15) is 4.80 Å². The zero-order chi connectivity index (χ0) is 11.5. The third-order valence-electron chi connectivity index (χ3n) is 1.68. The van der Waals surface area contributed by atoms with E-state index in [0.29, 0.717) is 5.82 Å². The molecule has 0 saturated heterocycles. The van der Waals surface area contributed by atoms with Crippen molar-refractivity contribution in [3.8, 4) is 0 Å². The molecule has 84 valence electrons. The van der Waals surface area contributed by atoms with E-state index in [1.807, 2.05) is 0 Å². The van der Waals surface area contributed by atoms with Crippen LogP contribution < -0.4 is 0 Å². The molecule has 0 saturated carbocycles. The molecule has 0 aromatic carbocycles. The van der Waals surface area contributed by atoms with Crippen molar-refractivity contribution in [1.29, 1.82) is 0 Å². The van der Waals surface area contributed by atoms with Crippen LogP contribution in [-0.2, 0) is 22.5 Å². The van der Waals surface area contributed by atoms with E-state index in [0.717, 1.165) is 6.42 Å². The topological polar surface area (TPSA) is 69.9 Å². The molecular formula is C9H16N4O2. The van der Waals surface area contributed by atoms with Gasteiger partial charge < -0.3 is 4.74 Å². The highest BCUT2D eigenvalue weighted by atomic mass is 16.5. The normalized spacial score (nSPS) is 11.5. The fraction of sp³-hybridized carbons (Fsp3) is 0.778. The summed E-state index contributed by atoms with van der Waals surface area (Å²) in [5, 5.41) is 11.7. The predicted octanol–water partition coefficient (Wildman–Crippen LogP) is 0.435. The van der Waals surface area contributed by atoms with Crippen molar-refractivity contribution < 1.29 is 9.53 Å². The molecule has 0 aliphatic rings. The number of rotatable bonds is 3. The van der Waals surface area contributed by atoms with Crippen molar-refractivity contribution in [2.45, 2.75) is 33.7 Å². The summed E-state index contributed by atoms with van der Waals surface area (Å²) in [6.45, 7) is 6.28. The van der Waals surface area contributed by atoms with Crippen LogP contribution in [0.2, 0.25) is 0 Å². The highest BCUT2D eigenvalue weighted by Crippen LogP contribution is 2.17. The molecule has 0 unspecified atom stereocenters. The Morgan fingerprint density at radius 1 is 1.47 bits per heavy atom. The smallest absolute Gasteiger partial charge is 0.329 e. The van der Waals surface area contributed by atoms with Gasteiger partial charge in [0.25, 0.3) is 0 Å². The minimum Gasteiger partial charge on any atom is -0.468 e. The maximum Gasteiger partial charge on any atom is 0.329 e. The van der Waals surface area contributed by atoms with E-state index in [4.69, 9.17) is 0 Å². The Bertz CT molecular complexity index is 340. The van der Waals surface area contributed by atoms with Crippen molar-refractivity contribution in [1.82, 2.24) is 20.2 Å². The largest absolute Gasteiger partial charge is 0.468 e. The molecule has 0 amide bonds. The first-order valence-corrected chi connectivity index (χ1v) is 4.74. The van der Waals surface area contributed by atoms with Gasteiger partial charge in [0, 0.05) is 6.42 Å². The number of ether oxygens (including phenoxy) is 1. The lowest BCUT2D eigenvalue weighted by Gasteiger charge is -2.14. The van der Waals surface area contributed by atoms with Gasteiger partial charge in [-0.25, -0.2) is 4.79 Å². The van der Waals surface area contributed by atoms with E-state index < -0.39 is 0 Å². The zero-order valence-corrected chi connectivity index (χ0v) is 9.52. The van der Waals surface area contributed by atoms with E-state index in [1.54, 1.807) is 0 Å². The van der Waals surface area contributed by atoms with Crippen LogP contribution in [0, 0.1) is 5.41 Å². The van der Waals surface area contributed by atoms with Crippen LogP contribution in [0.15, 0.2) is 0 Å². The first-order chi connectivity index (χ1) is 6.90. The van der Waals surface area contributed by atoms with Gasteiger partial charge in [-0.3, -0.25) is 0 Å². The number of tetrazole rings is 1. The summed E-state index contributed by atoms with van der Waals surface area (Å²) >= 11 is 0. The van der Waals surface area contributed by atoms with Gasteiger partial charge in [0.15, 0.2) is 12.4 Å². The fourth-order valence-corrected chi connectivity index (χ4v) is 1.07. The number of methoxy groups -OCH3 is 1. The Hall–Kier alpha value is -1.46. The number of carbonyl (C=O) groups excluding carboxylic acids is 1. The molecule has 1 aromatic heterocycles. The fourth-order valence-electron chi connectivity index (χ4n) is 1.07. The molecular weight excluding hydrogens is 196 g/mol. The molecule has 0 atom stereocenters. The molecule has 6 heteroatoms. The van der Waals surface area contributed by atoms with E-state index in [-0.39, 0.29) is 17.9 Å². The molecule has 0 spiro atoms. The lowest BCUT2D eigenvalue weighted by atomic mass is 9.92. The first kappa shape index (κ1) is 11.6. The predicted molar refractivity (Wildman–Crippen MR) is 53.0 cm³/mol. The number of hydrogen-bond acceptors (Lipinski definition) is 5. The zero-order valence-electron chi connectivity index (χ0n) is 9.52. The summed E-state index contributed by atoms with van der Waals surface area (Å²) in [6.07, 6.45) is 0.730. The average molecular weight is 212 g/mol. The van der Waals surface area contributed by atoms with Crippen LogP contribution >= 0.6 is 0 Å². The van der Waals surface area contributed by atoms with E-state index in [1.165, 1.54) is 11.9 Å². The van der Waals surface area contributed by atoms with Crippen LogP contribution in [0.25, 0.3) is 0 Å². The molecule has 0 bridgehead atoms. The van der Waals surface area contributed by atoms with Crippen molar-refractivity contribution >= 4 is 5.97 Å². The number of esters is 1.